The van der Waals surface area contributed by atoms with E-state index in [1.165, 1.54) is 0 Å². The summed E-state index contributed by atoms with van der Waals surface area (Å²) in [6.45, 7) is 3.49. The second-order valence-electron chi connectivity index (χ2n) is 8.01. The molecule has 1 saturated heterocycles. The molecule has 1 fully saturated rings. The molecule has 5 rings (SSSR count). The molecule has 4 aromatic rings. The number of nitrogens with one attached hydrogen (secondary N) is 3. The summed E-state index contributed by atoms with van der Waals surface area (Å²) in [7, 11) is 0. The van der Waals surface area contributed by atoms with Gasteiger partial charge in [0.25, 0.3) is 0 Å². The van der Waals surface area contributed by atoms with Gasteiger partial charge in [-0.3, -0.25) is 0 Å². The number of hydrogen-bond acceptors (Lipinski definition) is 7. The zero-order chi connectivity index (χ0) is 21.3. The number of hydrogen-bond donors (Lipinski definition) is 4. The molecule has 158 valence electrons. The first kappa shape index (κ1) is 19.3. The van der Waals surface area contributed by atoms with Crippen molar-refractivity contribution in [1.82, 2.24) is 19.9 Å². The minimum Gasteiger partial charge on any atom is -0.367 e. The van der Waals surface area contributed by atoms with Gasteiger partial charge in [0.1, 0.15) is 23.6 Å². The Bertz CT molecular complexity index is 1160. The number of aliphatic hydroxyl groups is 1. The smallest absolute Gasteiger partial charge is 0.160 e. The summed E-state index contributed by atoms with van der Waals surface area (Å²) >= 11 is 0. The monoisotopic (exact) mass is 415 g/mol. The van der Waals surface area contributed by atoms with Crippen molar-refractivity contribution >= 4 is 28.4 Å². The lowest BCUT2D eigenvalue weighted by Gasteiger charge is -2.26. The van der Waals surface area contributed by atoms with Gasteiger partial charge >= 0.3 is 0 Å². The Hall–Kier alpha value is -3.65. The van der Waals surface area contributed by atoms with Crippen LogP contribution in [0.1, 0.15) is 18.9 Å². The van der Waals surface area contributed by atoms with E-state index in [-0.39, 0.29) is 6.04 Å². The molecule has 8 heteroatoms. The van der Waals surface area contributed by atoms with E-state index in [1.807, 2.05) is 54.7 Å². The van der Waals surface area contributed by atoms with E-state index in [9.17, 15) is 5.11 Å². The second kappa shape index (κ2) is 7.88. The minimum absolute atomic E-state index is 0.269. The number of pyridine rings is 1. The van der Waals surface area contributed by atoms with Crippen LogP contribution in [-0.2, 0) is 5.72 Å². The highest BCUT2D eigenvalue weighted by atomic mass is 16.3. The van der Waals surface area contributed by atoms with Crippen LogP contribution in [-0.4, -0.2) is 44.2 Å². The SMILES string of the molecule is CC(O)(Nc1ccccc1)c1ccc(N[C@@H]2CCN(c3ncnc4[nH]ccc34)C2)nc1. The van der Waals surface area contributed by atoms with Crippen molar-refractivity contribution in [3.05, 3.63) is 72.8 Å². The number of nitrogens with zero attached hydrogens (tertiary/aromatic N) is 4. The standard InChI is InChI=1S/C23H25N7O/c1-23(31,29-17-5-3-2-4-6-17)16-7-8-20(25-13-16)28-18-10-12-30(14-18)22-19-9-11-24-21(19)26-15-27-22/h2-9,11,13,15,18,29,31H,10,12,14H2,1H3,(H,25,28)(H,24,26,27)/t18-,23?/m1/s1. The molecular weight excluding hydrogens is 390 g/mol. The van der Waals surface area contributed by atoms with Crippen molar-refractivity contribution < 1.29 is 5.11 Å². The molecule has 8 nitrogen and oxygen atoms in total. The first-order valence-electron chi connectivity index (χ1n) is 10.4. The number of aromatic nitrogens is 4. The first-order chi connectivity index (χ1) is 15.1. The fraction of sp³-hybridized carbons (Fsp3) is 0.261. The number of benzene rings is 1. The lowest BCUT2D eigenvalue weighted by molar-refractivity contribution is 0.0884. The molecule has 4 heterocycles. The Morgan fingerprint density at radius 2 is 1.97 bits per heavy atom. The van der Waals surface area contributed by atoms with Crippen LogP contribution in [0.4, 0.5) is 17.3 Å². The van der Waals surface area contributed by atoms with Gasteiger partial charge < -0.3 is 25.6 Å². The van der Waals surface area contributed by atoms with Crippen molar-refractivity contribution in [3.63, 3.8) is 0 Å². The molecule has 0 saturated carbocycles. The highest BCUT2D eigenvalue weighted by molar-refractivity contribution is 5.87. The van der Waals surface area contributed by atoms with Crippen LogP contribution in [0.3, 0.4) is 0 Å². The van der Waals surface area contributed by atoms with Crippen molar-refractivity contribution in [1.29, 1.82) is 0 Å². The number of aromatic amines is 1. The zero-order valence-corrected chi connectivity index (χ0v) is 17.3. The number of anilines is 3. The summed E-state index contributed by atoms with van der Waals surface area (Å²) in [5.74, 6) is 1.75. The molecule has 1 aliphatic rings. The molecule has 3 aromatic heterocycles. The summed E-state index contributed by atoms with van der Waals surface area (Å²) in [4.78, 5) is 18.7. The number of fused-ring (bicyclic) bond motifs is 1. The highest BCUT2D eigenvalue weighted by Crippen LogP contribution is 2.27. The van der Waals surface area contributed by atoms with Gasteiger partial charge in [-0.15, -0.1) is 0 Å². The van der Waals surface area contributed by atoms with Crippen molar-refractivity contribution in [2.45, 2.75) is 25.1 Å². The van der Waals surface area contributed by atoms with Crippen LogP contribution in [0.2, 0.25) is 0 Å². The van der Waals surface area contributed by atoms with Crippen LogP contribution in [0.5, 0.6) is 0 Å². The molecule has 1 unspecified atom stereocenters. The van der Waals surface area contributed by atoms with E-state index < -0.39 is 5.72 Å². The molecule has 2 atom stereocenters. The van der Waals surface area contributed by atoms with Crippen LogP contribution in [0.25, 0.3) is 11.0 Å². The van der Waals surface area contributed by atoms with Crippen LogP contribution in [0.15, 0.2) is 67.3 Å². The molecule has 31 heavy (non-hydrogen) atoms. The predicted molar refractivity (Wildman–Crippen MR) is 122 cm³/mol. The van der Waals surface area contributed by atoms with E-state index in [0.29, 0.717) is 5.56 Å². The summed E-state index contributed by atoms with van der Waals surface area (Å²) in [5.41, 5.74) is 1.19. The summed E-state index contributed by atoms with van der Waals surface area (Å²) in [5, 5.41) is 18.5. The van der Waals surface area contributed by atoms with Gasteiger partial charge in [-0.1, -0.05) is 18.2 Å². The third-order valence-corrected chi connectivity index (χ3v) is 5.66. The molecular formula is C23H25N7O. The average molecular weight is 416 g/mol. The Balaban J connectivity index is 1.24. The molecule has 0 amide bonds. The Morgan fingerprint density at radius 1 is 1.10 bits per heavy atom. The number of rotatable bonds is 6. The largest absolute Gasteiger partial charge is 0.367 e. The Labute approximate surface area is 180 Å². The molecule has 0 aliphatic carbocycles. The van der Waals surface area contributed by atoms with Gasteiger partial charge in [0.05, 0.1) is 5.39 Å². The average Bonchev–Trinajstić information content (AvgIpc) is 3.44. The molecule has 0 spiro atoms. The van der Waals surface area contributed by atoms with Gasteiger partial charge in [0.2, 0.25) is 0 Å². The fourth-order valence-corrected chi connectivity index (χ4v) is 4.03. The predicted octanol–water partition coefficient (Wildman–Crippen LogP) is 3.32. The number of H-pyrrole nitrogens is 1. The molecule has 0 radical (unpaired) electrons. The topological polar surface area (TPSA) is 102 Å². The lowest BCUT2D eigenvalue weighted by atomic mass is 10.1. The maximum Gasteiger partial charge on any atom is 0.160 e. The normalized spacial score (nSPS) is 18.1. The van der Waals surface area contributed by atoms with E-state index in [2.05, 4.69) is 35.5 Å². The summed E-state index contributed by atoms with van der Waals surface area (Å²) in [6.07, 6.45) is 6.19. The maximum absolute atomic E-state index is 10.9. The van der Waals surface area contributed by atoms with Crippen molar-refractivity contribution in [2.75, 3.05) is 28.6 Å². The minimum atomic E-state index is -1.22. The first-order valence-corrected chi connectivity index (χ1v) is 10.4. The molecule has 0 bridgehead atoms. The Kier molecular flexibility index (Phi) is 4.91. The quantitative estimate of drug-likeness (QED) is 0.358. The van der Waals surface area contributed by atoms with Crippen molar-refractivity contribution in [3.8, 4) is 0 Å². The molecule has 1 aromatic carbocycles. The third-order valence-electron chi connectivity index (χ3n) is 5.66. The Morgan fingerprint density at radius 3 is 2.77 bits per heavy atom. The van der Waals surface area contributed by atoms with Gasteiger partial charge in [-0.25, -0.2) is 15.0 Å². The lowest BCUT2D eigenvalue weighted by Crippen LogP contribution is -2.31. The van der Waals surface area contributed by atoms with Crippen LogP contribution < -0.4 is 15.5 Å². The summed E-state index contributed by atoms with van der Waals surface area (Å²) in [6, 6.07) is 15.7. The van der Waals surface area contributed by atoms with E-state index in [4.69, 9.17) is 0 Å². The van der Waals surface area contributed by atoms with E-state index in [1.54, 1.807) is 19.4 Å². The molecule has 1 aliphatic heterocycles. The third kappa shape index (κ3) is 4.02. The zero-order valence-electron chi connectivity index (χ0n) is 17.3. The maximum atomic E-state index is 10.9. The van der Waals surface area contributed by atoms with Crippen LogP contribution in [0, 0.1) is 0 Å². The fourth-order valence-electron chi connectivity index (χ4n) is 4.03. The van der Waals surface area contributed by atoms with Gasteiger partial charge in [-0.05, 0) is 43.7 Å². The van der Waals surface area contributed by atoms with Crippen LogP contribution >= 0.6 is 0 Å². The van der Waals surface area contributed by atoms with E-state index in [0.717, 1.165) is 47.9 Å². The molecule has 4 N–H and O–H groups in total. The van der Waals surface area contributed by atoms with Crippen molar-refractivity contribution in [2.24, 2.45) is 0 Å². The summed E-state index contributed by atoms with van der Waals surface area (Å²) < 4.78 is 0. The second-order valence-corrected chi connectivity index (χ2v) is 8.01. The highest BCUT2D eigenvalue weighted by Gasteiger charge is 2.26. The number of para-hydroxylation sites is 1. The van der Waals surface area contributed by atoms with Gasteiger partial charge in [0.15, 0.2) is 5.72 Å². The van der Waals surface area contributed by atoms with Gasteiger partial charge in [0, 0.05) is 42.8 Å². The van der Waals surface area contributed by atoms with Gasteiger partial charge in [-0.2, -0.15) is 0 Å². The van der Waals surface area contributed by atoms with E-state index >= 15 is 0 Å².